The van der Waals surface area contributed by atoms with Crippen LogP contribution in [0.4, 0.5) is 13.2 Å². The molecule has 5 aromatic rings. The number of halogens is 3. The lowest BCUT2D eigenvalue weighted by Crippen LogP contribution is -2.21. The maximum Gasteiger partial charge on any atom is 0.490 e. The molecule has 0 radical (unpaired) electrons. The number of nitrogens with zero attached hydrogens (tertiary/aromatic N) is 1. The van der Waals surface area contributed by atoms with Gasteiger partial charge in [-0.1, -0.05) is 78.9 Å². The van der Waals surface area contributed by atoms with Gasteiger partial charge in [-0.15, -0.1) is 0 Å². The minimum Gasteiger partial charge on any atom is -0.475 e. The van der Waals surface area contributed by atoms with E-state index in [1.807, 2.05) is 18.2 Å². The van der Waals surface area contributed by atoms with Gasteiger partial charge in [-0.25, -0.2) is 9.78 Å². The third-order valence-electron chi connectivity index (χ3n) is 5.97. The van der Waals surface area contributed by atoms with Gasteiger partial charge in [-0.05, 0) is 46.0 Å². The average molecular weight is 533 g/mol. The molecule has 0 saturated heterocycles. The van der Waals surface area contributed by atoms with Gasteiger partial charge < -0.3 is 21.1 Å². The molecule has 5 rings (SSSR count). The molecule has 0 bridgehead atoms. The summed E-state index contributed by atoms with van der Waals surface area (Å²) in [7, 11) is 0. The fraction of sp³-hybridized carbons (Fsp3) is 0.133. The number of carboxylic acid groups (broad SMARTS) is 1. The predicted octanol–water partition coefficient (Wildman–Crippen LogP) is 6.28. The number of carbonyl (C=O) groups is 1. The number of aromatic nitrogens is 2. The Hall–Kier alpha value is -4.47. The molecule has 0 fully saturated rings. The highest BCUT2D eigenvalue weighted by atomic mass is 19.4. The molecule has 4 aromatic carbocycles. The van der Waals surface area contributed by atoms with Crippen molar-refractivity contribution in [2.24, 2.45) is 5.73 Å². The van der Waals surface area contributed by atoms with Crippen LogP contribution in [0, 0.1) is 0 Å². The SMILES string of the molecule is NCc1ccc(CNCc2cccc(-c3ccc(-c4nc5ccccc5[nH]4)cc3)c2)cc1.O=C(O)C(F)(F)F. The summed E-state index contributed by atoms with van der Waals surface area (Å²) in [4.78, 5) is 17.0. The Bertz CT molecular complexity index is 1500. The van der Waals surface area contributed by atoms with E-state index in [-0.39, 0.29) is 0 Å². The molecule has 0 saturated carbocycles. The van der Waals surface area contributed by atoms with Gasteiger partial charge in [-0.3, -0.25) is 0 Å². The van der Waals surface area contributed by atoms with E-state index >= 15 is 0 Å². The normalized spacial score (nSPS) is 11.2. The highest BCUT2D eigenvalue weighted by Crippen LogP contribution is 2.25. The number of alkyl halides is 3. The Morgan fingerprint density at radius 2 is 1.41 bits per heavy atom. The van der Waals surface area contributed by atoms with Gasteiger partial charge in [0.05, 0.1) is 11.0 Å². The number of fused-ring (bicyclic) bond motifs is 1. The number of hydrogen-bond donors (Lipinski definition) is 4. The minimum atomic E-state index is -5.08. The molecule has 1 heterocycles. The van der Waals surface area contributed by atoms with Crippen molar-refractivity contribution in [1.82, 2.24) is 15.3 Å². The lowest BCUT2D eigenvalue weighted by Gasteiger charge is -2.09. The summed E-state index contributed by atoms with van der Waals surface area (Å²) in [6.45, 7) is 2.24. The van der Waals surface area contributed by atoms with Crippen LogP contribution in [0.2, 0.25) is 0 Å². The monoisotopic (exact) mass is 532 g/mol. The summed E-state index contributed by atoms with van der Waals surface area (Å²) < 4.78 is 31.7. The van der Waals surface area contributed by atoms with Crippen molar-refractivity contribution in [3.8, 4) is 22.5 Å². The van der Waals surface area contributed by atoms with Crippen LogP contribution in [-0.4, -0.2) is 27.2 Å². The fourth-order valence-corrected chi connectivity index (χ4v) is 3.92. The molecule has 0 aliphatic rings. The average Bonchev–Trinajstić information content (AvgIpc) is 3.38. The van der Waals surface area contributed by atoms with Gasteiger partial charge in [0.15, 0.2) is 0 Å². The van der Waals surface area contributed by atoms with Crippen molar-refractivity contribution >= 4 is 17.0 Å². The predicted molar refractivity (Wildman–Crippen MR) is 146 cm³/mol. The van der Waals surface area contributed by atoms with Crippen molar-refractivity contribution in [2.75, 3.05) is 0 Å². The van der Waals surface area contributed by atoms with Crippen LogP contribution in [0.5, 0.6) is 0 Å². The highest BCUT2D eigenvalue weighted by molar-refractivity contribution is 5.79. The van der Waals surface area contributed by atoms with Crippen LogP contribution in [-0.2, 0) is 24.4 Å². The van der Waals surface area contributed by atoms with E-state index in [0.717, 1.165) is 41.1 Å². The van der Waals surface area contributed by atoms with E-state index in [1.165, 1.54) is 22.3 Å². The summed E-state index contributed by atoms with van der Waals surface area (Å²) in [5.74, 6) is -1.86. The molecule has 0 aliphatic carbocycles. The largest absolute Gasteiger partial charge is 0.490 e. The van der Waals surface area contributed by atoms with Crippen molar-refractivity contribution in [3.63, 3.8) is 0 Å². The first-order chi connectivity index (χ1) is 18.7. The number of H-pyrrole nitrogens is 1. The van der Waals surface area contributed by atoms with Crippen molar-refractivity contribution in [3.05, 3.63) is 114 Å². The first kappa shape index (κ1) is 27.6. The number of imidazole rings is 1. The Kier molecular flexibility index (Phi) is 8.75. The highest BCUT2D eigenvalue weighted by Gasteiger charge is 2.38. The number of hydrogen-bond acceptors (Lipinski definition) is 4. The zero-order chi connectivity index (χ0) is 27.8. The third kappa shape index (κ3) is 7.53. The molecule has 0 atom stereocenters. The van der Waals surface area contributed by atoms with E-state index in [2.05, 4.69) is 89.2 Å². The topological polar surface area (TPSA) is 104 Å². The fourth-order valence-electron chi connectivity index (χ4n) is 3.92. The first-order valence-electron chi connectivity index (χ1n) is 12.2. The number of aliphatic carboxylic acids is 1. The summed E-state index contributed by atoms with van der Waals surface area (Å²) in [6.07, 6.45) is -5.08. The van der Waals surface area contributed by atoms with Crippen LogP contribution >= 0.6 is 0 Å². The number of benzene rings is 4. The van der Waals surface area contributed by atoms with Crippen molar-refractivity contribution in [2.45, 2.75) is 25.8 Å². The molecule has 0 amide bonds. The van der Waals surface area contributed by atoms with Crippen LogP contribution in [0.25, 0.3) is 33.5 Å². The van der Waals surface area contributed by atoms with Crippen LogP contribution in [0.15, 0.2) is 97.1 Å². The maximum absolute atomic E-state index is 10.6. The molecule has 0 spiro atoms. The number of para-hydroxylation sites is 2. The number of carboxylic acids is 1. The summed E-state index contributed by atoms with van der Waals surface area (Å²) in [5, 5.41) is 10.7. The smallest absolute Gasteiger partial charge is 0.475 e. The lowest BCUT2D eigenvalue weighted by atomic mass is 10.0. The third-order valence-corrected chi connectivity index (χ3v) is 5.97. The zero-order valence-corrected chi connectivity index (χ0v) is 20.9. The molecular formula is C30H27F3N4O2. The Morgan fingerprint density at radius 1 is 0.795 bits per heavy atom. The zero-order valence-electron chi connectivity index (χ0n) is 20.9. The summed E-state index contributed by atoms with van der Waals surface area (Å²) in [6, 6.07) is 33.8. The molecule has 5 N–H and O–H groups in total. The van der Waals surface area contributed by atoms with E-state index in [9.17, 15) is 13.2 Å². The second kappa shape index (κ2) is 12.4. The van der Waals surface area contributed by atoms with Gasteiger partial charge in [0.25, 0.3) is 0 Å². The van der Waals surface area contributed by atoms with E-state index in [1.54, 1.807) is 0 Å². The van der Waals surface area contributed by atoms with E-state index in [4.69, 9.17) is 20.6 Å². The standard InChI is InChI=1S/C28H26N4.C2HF3O2/c29-17-20-8-10-21(11-9-20)18-30-19-22-4-3-5-25(16-22)23-12-14-24(15-13-23)28-31-26-6-1-2-7-27(26)32-28;3-2(4,5)1(6)7/h1-16,30H,17-19,29H2,(H,31,32);(H,6,7). The quantitative estimate of drug-likeness (QED) is 0.198. The Balaban J connectivity index is 0.000000448. The van der Waals surface area contributed by atoms with Crippen LogP contribution in [0.3, 0.4) is 0 Å². The van der Waals surface area contributed by atoms with E-state index in [0.29, 0.717) is 6.54 Å². The van der Waals surface area contributed by atoms with Crippen molar-refractivity contribution in [1.29, 1.82) is 0 Å². The van der Waals surface area contributed by atoms with Gasteiger partial charge in [0, 0.05) is 25.2 Å². The first-order valence-corrected chi connectivity index (χ1v) is 12.2. The van der Waals surface area contributed by atoms with Gasteiger partial charge in [0.2, 0.25) is 0 Å². The van der Waals surface area contributed by atoms with Crippen molar-refractivity contribution < 1.29 is 23.1 Å². The molecule has 0 aliphatic heterocycles. The molecule has 1 aromatic heterocycles. The Labute approximate surface area is 223 Å². The number of nitrogens with two attached hydrogens (primary N) is 1. The molecule has 0 unspecified atom stereocenters. The van der Waals surface area contributed by atoms with Gasteiger partial charge in [0.1, 0.15) is 5.82 Å². The number of aromatic amines is 1. The second-order valence-corrected chi connectivity index (χ2v) is 8.81. The molecule has 9 heteroatoms. The van der Waals surface area contributed by atoms with Gasteiger partial charge >= 0.3 is 12.1 Å². The minimum absolute atomic E-state index is 0.583. The molecule has 39 heavy (non-hydrogen) atoms. The number of rotatable bonds is 7. The summed E-state index contributed by atoms with van der Waals surface area (Å²) in [5.41, 5.74) is 14.9. The van der Waals surface area contributed by atoms with Crippen LogP contribution in [0.1, 0.15) is 16.7 Å². The number of nitrogens with one attached hydrogen (secondary N) is 2. The second-order valence-electron chi connectivity index (χ2n) is 8.81. The van der Waals surface area contributed by atoms with Gasteiger partial charge in [-0.2, -0.15) is 13.2 Å². The Morgan fingerprint density at radius 3 is 2.05 bits per heavy atom. The van der Waals surface area contributed by atoms with E-state index < -0.39 is 12.1 Å². The maximum atomic E-state index is 10.6. The molecule has 200 valence electrons. The lowest BCUT2D eigenvalue weighted by molar-refractivity contribution is -0.192. The van der Waals surface area contributed by atoms with Crippen LogP contribution < -0.4 is 11.1 Å². The molecular weight excluding hydrogens is 505 g/mol. The molecule has 6 nitrogen and oxygen atoms in total. The summed E-state index contributed by atoms with van der Waals surface area (Å²) >= 11 is 0.